The van der Waals surface area contributed by atoms with E-state index in [2.05, 4.69) is 20.0 Å². The fraction of sp³-hybridized carbons (Fsp3) is 0.438. The first-order valence-corrected chi connectivity index (χ1v) is 7.71. The number of hydrogen-bond acceptors (Lipinski definition) is 5. The number of benzene rings is 1. The van der Waals surface area contributed by atoms with Gasteiger partial charge in [-0.2, -0.15) is 10.1 Å². The SMILES string of the molecule is Cc1nc(C)n(C[C@H]2CCCN2c2nc3ccccc3o2)n1. The minimum absolute atomic E-state index is 0.355. The second-order valence-electron chi connectivity index (χ2n) is 5.84. The molecule has 3 aromatic rings. The van der Waals surface area contributed by atoms with Gasteiger partial charge in [-0.15, -0.1) is 0 Å². The van der Waals surface area contributed by atoms with Crippen molar-refractivity contribution in [2.45, 2.75) is 39.3 Å². The molecule has 114 valence electrons. The maximum Gasteiger partial charge on any atom is 0.298 e. The number of aryl methyl sites for hydroxylation is 2. The molecule has 0 spiro atoms. The zero-order chi connectivity index (χ0) is 15.1. The van der Waals surface area contributed by atoms with Gasteiger partial charge in [-0.3, -0.25) is 0 Å². The number of oxazole rings is 1. The summed E-state index contributed by atoms with van der Waals surface area (Å²) in [5.41, 5.74) is 1.76. The van der Waals surface area contributed by atoms with Crippen molar-refractivity contribution in [3.63, 3.8) is 0 Å². The Kier molecular flexibility index (Phi) is 3.10. The van der Waals surface area contributed by atoms with Crippen LogP contribution in [0.4, 0.5) is 6.01 Å². The molecule has 0 bridgehead atoms. The van der Waals surface area contributed by atoms with E-state index >= 15 is 0 Å². The molecule has 2 aromatic heterocycles. The third kappa shape index (κ3) is 2.24. The molecule has 3 heterocycles. The van der Waals surface area contributed by atoms with E-state index in [9.17, 15) is 0 Å². The Morgan fingerprint density at radius 1 is 1.23 bits per heavy atom. The van der Waals surface area contributed by atoms with E-state index < -0.39 is 0 Å². The second-order valence-corrected chi connectivity index (χ2v) is 5.84. The molecule has 1 aliphatic heterocycles. The van der Waals surface area contributed by atoms with Crippen LogP contribution < -0.4 is 4.90 Å². The molecule has 0 radical (unpaired) electrons. The van der Waals surface area contributed by atoms with Crippen molar-refractivity contribution in [1.82, 2.24) is 19.7 Å². The average Bonchev–Trinajstić information content (AvgIpc) is 3.18. The summed E-state index contributed by atoms with van der Waals surface area (Å²) in [5.74, 6) is 1.78. The summed E-state index contributed by atoms with van der Waals surface area (Å²) in [5, 5.41) is 4.47. The zero-order valence-electron chi connectivity index (χ0n) is 12.9. The van der Waals surface area contributed by atoms with E-state index in [0.717, 1.165) is 54.7 Å². The van der Waals surface area contributed by atoms with Crippen molar-refractivity contribution in [3.05, 3.63) is 35.9 Å². The number of fused-ring (bicyclic) bond motifs is 1. The van der Waals surface area contributed by atoms with Gasteiger partial charge in [0.05, 0.1) is 12.6 Å². The van der Waals surface area contributed by atoms with Crippen LogP contribution in [0.1, 0.15) is 24.5 Å². The van der Waals surface area contributed by atoms with Crippen LogP contribution in [0.25, 0.3) is 11.1 Å². The van der Waals surface area contributed by atoms with Crippen LogP contribution in [0.15, 0.2) is 28.7 Å². The Balaban J connectivity index is 1.61. The van der Waals surface area contributed by atoms with Crippen LogP contribution in [0.2, 0.25) is 0 Å². The molecule has 1 fully saturated rings. The normalized spacial score (nSPS) is 18.5. The highest BCUT2D eigenvalue weighted by Crippen LogP contribution is 2.29. The van der Waals surface area contributed by atoms with Crippen molar-refractivity contribution in [3.8, 4) is 0 Å². The molecule has 0 aliphatic carbocycles. The minimum Gasteiger partial charge on any atom is -0.423 e. The lowest BCUT2D eigenvalue weighted by Crippen LogP contribution is -2.33. The highest BCUT2D eigenvalue weighted by Gasteiger charge is 2.29. The number of aromatic nitrogens is 4. The van der Waals surface area contributed by atoms with Gasteiger partial charge in [0.2, 0.25) is 0 Å². The lowest BCUT2D eigenvalue weighted by molar-refractivity contribution is 0.471. The number of hydrogen-bond donors (Lipinski definition) is 0. The number of nitrogens with zero attached hydrogens (tertiary/aromatic N) is 5. The van der Waals surface area contributed by atoms with Gasteiger partial charge in [0, 0.05) is 6.54 Å². The molecule has 1 aromatic carbocycles. The molecule has 4 rings (SSSR count). The van der Waals surface area contributed by atoms with Crippen LogP contribution in [-0.2, 0) is 6.54 Å². The molecule has 0 N–H and O–H groups in total. The molecular weight excluding hydrogens is 278 g/mol. The Morgan fingerprint density at radius 3 is 2.86 bits per heavy atom. The van der Waals surface area contributed by atoms with Gasteiger partial charge in [-0.1, -0.05) is 12.1 Å². The fourth-order valence-corrected chi connectivity index (χ4v) is 3.19. The highest BCUT2D eigenvalue weighted by molar-refractivity contribution is 5.74. The fourth-order valence-electron chi connectivity index (χ4n) is 3.19. The Labute approximate surface area is 128 Å². The monoisotopic (exact) mass is 297 g/mol. The van der Waals surface area contributed by atoms with E-state index in [1.807, 2.05) is 42.8 Å². The molecule has 1 aliphatic rings. The maximum atomic E-state index is 5.92. The Bertz CT molecular complexity index is 773. The van der Waals surface area contributed by atoms with E-state index in [1.54, 1.807) is 0 Å². The van der Waals surface area contributed by atoms with Crippen LogP contribution in [0.5, 0.6) is 0 Å². The van der Waals surface area contributed by atoms with Gasteiger partial charge < -0.3 is 9.32 Å². The van der Waals surface area contributed by atoms with Crippen LogP contribution in [0.3, 0.4) is 0 Å². The molecule has 0 saturated carbocycles. The zero-order valence-corrected chi connectivity index (χ0v) is 12.9. The largest absolute Gasteiger partial charge is 0.423 e. The van der Waals surface area contributed by atoms with E-state index in [0.29, 0.717) is 6.04 Å². The molecular formula is C16H19N5O. The van der Waals surface area contributed by atoms with Gasteiger partial charge in [0.1, 0.15) is 17.2 Å². The first-order valence-electron chi connectivity index (χ1n) is 7.71. The quantitative estimate of drug-likeness (QED) is 0.744. The van der Waals surface area contributed by atoms with Gasteiger partial charge in [-0.25, -0.2) is 9.67 Å². The smallest absolute Gasteiger partial charge is 0.298 e. The summed E-state index contributed by atoms with van der Waals surface area (Å²) in [4.78, 5) is 11.3. The van der Waals surface area contributed by atoms with E-state index in [1.165, 1.54) is 0 Å². The maximum absolute atomic E-state index is 5.92. The molecule has 1 saturated heterocycles. The number of rotatable bonds is 3. The highest BCUT2D eigenvalue weighted by atomic mass is 16.4. The predicted octanol–water partition coefficient (Wildman–Crippen LogP) is 2.71. The van der Waals surface area contributed by atoms with Gasteiger partial charge >= 0.3 is 0 Å². The summed E-state index contributed by atoms with van der Waals surface area (Å²) in [7, 11) is 0. The Morgan fingerprint density at radius 2 is 2.09 bits per heavy atom. The van der Waals surface area contributed by atoms with Crippen LogP contribution in [0, 0.1) is 13.8 Å². The van der Waals surface area contributed by atoms with E-state index in [-0.39, 0.29) is 0 Å². The third-order valence-corrected chi connectivity index (χ3v) is 4.25. The molecule has 0 amide bonds. The first-order chi connectivity index (χ1) is 10.7. The van der Waals surface area contributed by atoms with Gasteiger partial charge in [0.15, 0.2) is 5.58 Å². The first kappa shape index (κ1) is 13.3. The number of para-hydroxylation sites is 2. The lowest BCUT2D eigenvalue weighted by Gasteiger charge is -2.22. The van der Waals surface area contributed by atoms with Crippen molar-refractivity contribution < 1.29 is 4.42 Å². The van der Waals surface area contributed by atoms with Crippen LogP contribution >= 0.6 is 0 Å². The topological polar surface area (TPSA) is 60.0 Å². The van der Waals surface area contributed by atoms with Crippen molar-refractivity contribution in [2.75, 3.05) is 11.4 Å². The molecule has 6 nitrogen and oxygen atoms in total. The predicted molar refractivity (Wildman–Crippen MR) is 83.9 cm³/mol. The standard InChI is InChI=1S/C16H19N5O/c1-11-17-12(2)21(19-11)10-13-6-5-9-20(13)16-18-14-7-3-4-8-15(14)22-16/h3-4,7-8,13H,5-6,9-10H2,1-2H3/t13-/m1/s1. The Hall–Kier alpha value is -2.37. The summed E-state index contributed by atoms with van der Waals surface area (Å²) in [6.07, 6.45) is 2.27. The van der Waals surface area contributed by atoms with E-state index in [4.69, 9.17) is 4.42 Å². The van der Waals surface area contributed by atoms with Crippen molar-refractivity contribution >= 4 is 17.1 Å². The molecule has 1 atom stereocenters. The summed E-state index contributed by atoms with van der Waals surface area (Å²) in [6, 6.07) is 8.98. The molecule has 22 heavy (non-hydrogen) atoms. The third-order valence-electron chi connectivity index (χ3n) is 4.25. The van der Waals surface area contributed by atoms with Gasteiger partial charge in [-0.05, 0) is 38.8 Å². The summed E-state index contributed by atoms with van der Waals surface area (Å²) < 4.78 is 7.91. The molecule has 0 unspecified atom stereocenters. The van der Waals surface area contributed by atoms with Crippen molar-refractivity contribution in [1.29, 1.82) is 0 Å². The summed E-state index contributed by atoms with van der Waals surface area (Å²) >= 11 is 0. The summed E-state index contributed by atoms with van der Waals surface area (Å²) in [6.45, 7) is 5.73. The molecule has 6 heteroatoms. The van der Waals surface area contributed by atoms with Gasteiger partial charge in [0.25, 0.3) is 6.01 Å². The lowest BCUT2D eigenvalue weighted by atomic mass is 10.2. The number of anilines is 1. The average molecular weight is 297 g/mol. The minimum atomic E-state index is 0.355. The van der Waals surface area contributed by atoms with Crippen LogP contribution in [-0.4, -0.2) is 32.3 Å². The van der Waals surface area contributed by atoms with Crippen molar-refractivity contribution in [2.24, 2.45) is 0 Å². The second kappa shape index (κ2) is 5.12.